The minimum absolute atomic E-state index is 0.0554. The average Bonchev–Trinajstić information content (AvgIpc) is 3.35. The summed E-state index contributed by atoms with van der Waals surface area (Å²) in [5, 5.41) is 4.94. The molecular weight excluding hydrogens is 406 g/mol. The number of rotatable bonds is 5. The quantitative estimate of drug-likeness (QED) is 0.477. The van der Waals surface area contributed by atoms with Gasteiger partial charge in [-0.05, 0) is 30.3 Å². The Morgan fingerprint density at radius 1 is 1.14 bits per heavy atom. The zero-order valence-electron chi connectivity index (χ0n) is 15.3. The van der Waals surface area contributed by atoms with Crippen molar-refractivity contribution in [3.05, 3.63) is 60.2 Å². The predicted molar refractivity (Wildman–Crippen MR) is 115 cm³/mol. The van der Waals surface area contributed by atoms with E-state index in [0.29, 0.717) is 19.0 Å². The second kappa shape index (κ2) is 7.81. The Morgan fingerprint density at radius 3 is 2.79 bits per heavy atom. The lowest BCUT2D eigenvalue weighted by Crippen LogP contribution is -2.15. The molecule has 146 valence electrons. The molecule has 3 heterocycles. The van der Waals surface area contributed by atoms with Crippen LogP contribution in [-0.4, -0.2) is 34.3 Å². The number of aromatic nitrogens is 2. The number of carbonyl (C=O) groups excluding carboxylic acids is 1. The van der Waals surface area contributed by atoms with Gasteiger partial charge in [0.1, 0.15) is 13.2 Å². The van der Waals surface area contributed by atoms with Crippen molar-refractivity contribution < 1.29 is 14.3 Å². The number of anilines is 1. The van der Waals surface area contributed by atoms with Crippen LogP contribution in [0.25, 0.3) is 16.2 Å². The van der Waals surface area contributed by atoms with Crippen LogP contribution in [-0.2, 0) is 4.79 Å². The number of benzene rings is 2. The zero-order chi connectivity index (χ0) is 19.6. The van der Waals surface area contributed by atoms with Crippen LogP contribution in [0.1, 0.15) is 0 Å². The number of ether oxygens (including phenoxy) is 2. The third-order valence-corrected chi connectivity index (χ3v) is 6.21. The van der Waals surface area contributed by atoms with Crippen LogP contribution in [0.15, 0.2) is 65.1 Å². The lowest BCUT2D eigenvalue weighted by atomic mass is 10.1. The Hall–Kier alpha value is -2.97. The number of fused-ring (bicyclic) bond motifs is 2. The van der Waals surface area contributed by atoms with E-state index >= 15 is 0 Å². The Kier molecular flexibility index (Phi) is 4.87. The molecule has 1 N–H and O–H groups in total. The minimum Gasteiger partial charge on any atom is -0.486 e. The summed E-state index contributed by atoms with van der Waals surface area (Å²) >= 11 is 3.07. The molecule has 0 saturated carbocycles. The summed E-state index contributed by atoms with van der Waals surface area (Å²) in [6.45, 7) is 1.12. The van der Waals surface area contributed by atoms with E-state index < -0.39 is 0 Å². The van der Waals surface area contributed by atoms with Crippen LogP contribution in [0.5, 0.6) is 11.5 Å². The van der Waals surface area contributed by atoms with Crippen molar-refractivity contribution >= 4 is 39.7 Å². The maximum Gasteiger partial charge on any atom is 0.234 e. The van der Waals surface area contributed by atoms with Gasteiger partial charge in [0.25, 0.3) is 0 Å². The topological polar surface area (TPSA) is 64.9 Å². The van der Waals surface area contributed by atoms with Crippen LogP contribution >= 0.6 is 23.1 Å². The summed E-state index contributed by atoms with van der Waals surface area (Å²) in [6.07, 6.45) is 3.99. The first-order valence-corrected chi connectivity index (χ1v) is 11.0. The first-order valence-electron chi connectivity index (χ1n) is 9.09. The molecule has 1 amide bonds. The monoisotopic (exact) mass is 423 g/mol. The van der Waals surface area contributed by atoms with Crippen molar-refractivity contribution in [2.75, 3.05) is 24.3 Å². The van der Waals surface area contributed by atoms with Gasteiger partial charge >= 0.3 is 0 Å². The molecule has 8 heteroatoms. The van der Waals surface area contributed by atoms with E-state index in [1.807, 2.05) is 64.6 Å². The van der Waals surface area contributed by atoms with Crippen molar-refractivity contribution in [2.24, 2.45) is 0 Å². The number of hydrogen-bond acceptors (Lipinski definition) is 6. The first-order chi connectivity index (χ1) is 14.2. The second-order valence-electron chi connectivity index (χ2n) is 6.44. The van der Waals surface area contributed by atoms with Gasteiger partial charge in [-0.25, -0.2) is 4.98 Å². The third-order valence-electron chi connectivity index (χ3n) is 4.44. The van der Waals surface area contributed by atoms with E-state index in [4.69, 9.17) is 9.47 Å². The fraction of sp³-hybridized carbons (Fsp3) is 0.143. The normalized spacial score (nSPS) is 12.8. The molecule has 29 heavy (non-hydrogen) atoms. The maximum absolute atomic E-state index is 12.3. The molecule has 6 nitrogen and oxygen atoms in total. The molecule has 5 rings (SSSR count). The van der Waals surface area contributed by atoms with Crippen LogP contribution in [0.2, 0.25) is 0 Å². The van der Waals surface area contributed by atoms with Gasteiger partial charge in [0.05, 0.1) is 11.4 Å². The third kappa shape index (κ3) is 3.94. The van der Waals surface area contributed by atoms with Crippen LogP contribution in [0.3, 0.4) is 0 Å². The van der Waals surface area contributed by atoms with E-state index in [9.17, 15) is 4.79 Å². The molecule has 0 fully saturated rings. The number of thioether (sulfide) groups is 1. The Balaban J connectivity index is 1.19. The Morgan fingerprint density at radius 2 is 1.97 bits per heavy atom. The highest BCUT2D eigenvalue weighted by Crippen LogP contribution is 2.34. The molecular formula is C21H17N3O3S2. The van der Waals surface area contributed by atoms with Crippen molar-refractivity contribution in [3.8, 4) is 22.8 Å². The Labute approximate surface area is 175 Å². The highest BCUT2D eigenvalue weighted by molar-refractivity contribution is 8.00. The van der Waals surface area contributed by atoms with Crippen LogP contribution in [0.4, 0.5) is 5.69 Å². The minimum atomic E-state index is -0.0554. The molecule has 2 aromatic carbocycles. The number of amides is 1. The average molecular weight is 424 g/mol. The smallest absolute Gasteiger partial charge is 0.234 e. The molecule has 2 aromatic heterocycles. The number of hydrogen-bond donors (Lipinski definition) is 1. The van der Waals surface area contributed by atoms with Crippen molar-refractivity contribution in [2.45, 2.75) is 4.90 Å². The van der Waals surface area contributed by atoms with Gasteiger partial charge in [0, 0.05) is 33.9 Å². The lowest BCUT2D eigenvalue weighted by Gasteiger charge is -2.18. The predicted octanol–water partition coefficient (Wildman–Crippen LogP) is 4.56. The van der Waals surface area contributed by atoms with Crippen LogP contribution < -0.4 is 14.8 Å². The van der Waals surface area contributed by atoms with Crippen molar-refractivity contribution in [1.29, 1.82) is 0 Å². The molecule has 0 radical (unpaired) electrons. The molecule has 0 aliphatic carbocycles. The zero-order valence-corrected chi connectivity index (χ0v) is 17.0. The van der Waals surface area contributed by atoms with Gasteiger partial charge < -0.3 is 14.8 Å². The SMILES string of the molecule is O=C(CSc1ccc2c(c1)OCCO2)Nc1ccc(-c2cn3ccsc3n2)cc1. The summed E-state index contributed by atoms with van der Waals surface area (Å²) in [5.74, 6) is 1.75. The van der Waals surface area contributed by atoms with E-state index in [0.717, 1.165) is 38.3 Å². The van der Waals surface area contributed by atoms with E-state index in [1.165, 1.54) is 11.8 Å². The summed E-state index contributed by atoms with van der Waals surface area (Å²) in [6, 6.07) is 13.5. The molecule has 4 aromatic rings. The number of thiazole rings is 1. The van der Waals surface area contributed by atoms with Gasteiger partial charge in [-0.15, -0.1) is 23.1 Å². The van der Waals surface area contributed by atoms with E-state index in [2.05, 4.69) is 10.3 Å². The summed E-state index contributed by atoms with van der Waals surface area (Å²) < 4.78 is 13.1. The van der Waals surface area contributed by atoms with E-state index in [1.54, 1.807) is 11.3 Å². The van der Waals surface area contributed by atoms with Gasteiger partial charge in [-0.2, -0.15) is 0 Å². The number of nitrogens with one attached hydrogen (secondary N) is 1. The number of nitrogens with zero attached hydrogens (tertiary/aromatic N) is 2. The summed E-state index contributed by atoms with van der Waals surface area (Å²) in [7, 11) is 0. The van der Waals surface area contributed by atoms with Crippen molar-refractivity contribution in [3.63, 3.8) is 0 Å². The molecule has 0 bridgehead atoms. The van der Waals surface area contributed by atoms with Gasteiger partial charge in [0.2, 0.25) is 5.91 Å². The largest absolute Gasteiger partial charge is 0.486 e. The fourth-order valence-corrected chi connectivity index (χ4v) is 4.47. The summed E-state index contributed by atoms with van der Waals surface area (Å²) in [4.78, 5) is 18.8. The van der Waals surface area contributed by atoms with E-state index in [-0.39, 0.29) is 5.91 Å². The summed E-state index contributed by atoms with van der Waals surface area (Å²) in [5.41, 5.74) is 2.70. The second-order valence-corrected chi connectivity index (χ2v) is 8.36. The van der Waals surface area contributed by atoms with Crippen molar-refractivity contribution in [1.82, 2.24) is 9.38 Å². The van der Waals surface area contributed by atoms with Gasteiger partial charge in [-0.1, -0.05) is 12.1 Å². The Bertz CT molecular complexity index is 1140. The standard InChI is InChI=1S/C21H17N3O3S2/c25-20(13-29-16-5-6-18-19(11-16)27-9-8-26-18)22-15-3-1-14(2-4-15)17-12-24-7-10-28-21(24)23-17/h1-7,10-12H,8-9,13H2,(H,22,25). The highest BCUT2D eigenvalue weighted by atomic mass is 32.2. The van der Waals surface area contributed by atoms with Gasteiger partial charge in [-0.3, -0.25) is 9.20 Å². The molecule has 1 aliphatic rings. The highest BCUT2D eigenvalue weighted by Gasteiger charge is 2.13. The first kappa shape index (κ1) is 18.1. The van der Waals surface area contributed by atoms with Gasteiger partial charge in [0.15, 0.2) is 16.5 Å². The molecule has 0 spiro atoms. The fourth-order valence-electron chi connectivity index (χ4n) is 3.05. The lowest BCUT2D eigenvalue weighted by molar-refractivity contribution is -0.113. The van der Waals surface area contributed by atoms with Crippen LogP contribution in [0, 0.1) is 0 Å². The molecule has 0 unspecified atom stereocenters. The number of carbonyl (C=O) groups is 1. The molecule has 1 aliphatic heterocycles. The number of imidazole rings is 1. The molecule has 0 atom stereocenters. The molecule has 0 saturated heterocycles. The maximum atomic E-state index is 12.3.